The van der Waals surface area contributed by atoms with Gasteiger partial charge in [-0.05, 0) is 55.5 Å². The summed E-state index contributed by atoms with van der Waals surface area (Å²) in [6.45, 7) is 4.49. The maximum Gasteiger partial charge on any atom is 0.263 e. The van der Waals surface area contributed by atoms with Gasteiger partial charge in [0.25, 0.3) is 11.5 Å². The van der Waals surface area contributed by atoms with Gasteiger partial charge in [0.2, 0.25) is 5.91 Å². The van der Waals surface area contributed by atoms with E-state index in [4.69, 9.17) is 5.73 Å². The van der Waals surface area contributed by atoms with E-state index in [1.807, 2.05) is 0 Å². The number of rotatable bonds is 4. The standard InChI is InChI=1S/C20H23N3O3/c1-13-7-8-15(11-14(13)2)17-6-4-10-23(17)20(26)16-5-3-9-22(19(16)25)12-18(21)24/h3,5,7-9,11,17H,4,6,10,12H2,1-2H3,(H2,21,24)/t17-/m0/s1. The Labute approximate surface area is 152 Å². The summed E-state index contributed by atoms with van der Waals surface area (Å²) in [5.41, 5.74) is 8.25. The molecular formula is C20H23N3O3. The minimum Gasteiger partial charge on any atom is -0.368 e. The zero-order chi connectivity index (χ0) is 18.8. The molecule has 0 bridgehead atoms. The van der Waals surface area contributed by atoms with Crippen molar-refractivity contribution in [2.45, 2.75) is 39.3 Å². The molecule has 1 fully saturated rings. The van der Waals surface area contributed by atoms with E-state index >= 15 is 0 Å². The van der Waals surface area contributed by atoms with Crippen LogP contribution in [0, 0.1) is 13.8 Å². The number of carbonyl (C=O) groups is 2. The quantitative estimate of drug-likeness (QED) is 0.911. The summed E-state index contributed by atoms with van der Waals surface area (Å²) in [6, 6.07) is 9.30. The molecule has 2 amide bonds. The van der Waals surface area contributed by atoms with Gasteiger partial charge in [-0.15, -0.1) is 0 Å². The van der Waals surface area contributed by atoms with Gasteiger partial charge in [0.05, 0.1) is 6.04 Å². The smallest absolute Gasteiger partial charge is 0.263 e. The van der Waals surface area contributed by atoms with Crippen LogP contribution in [0.1, 0.15) is 45.9 Å². The average Bonchev–Trinajstić information content (AvgIpc) is 3.08. The summed E-state index contributed by atoms with van der Waals surface area (Å²) in [6.07, 6.45) is 3.23. The lowest BCUT2D eigenvalue weighted by Gasteiger charge is -2.25. The van der Waals surface area contributed by atoms with Gasteiger partial charge in [-0.3, -0.25) is 14.4 Å². The third-order valence-electron chi connectivity index (χ3n) is 5.01. The van der Waals surface area contributed by atoms with Gasteiger partial charge >= 0.3 is 0 Å². The lowest BCUT2D eigenvalue weighted by atomic mass is 9.99. The Hall–Kier alpha value is -2.89. The van der Waals surface area contributed by atoms with Crippen LogP contribution in [-0.4, -0.2) is 27.8 Å². The summed E-state index contributed by atoms with van der Waals surface area (Å²) in [5, 5.41) is 0. The van der Waals surface area contributed by atoms with Crippen LogP contribution in [0.4, 0.5) is 0 Å². The number of primary amides is 1. The van der Waals surface area contributed by atoms with Crippen LogP contribution in [0.3, 0.4) is 0 Å². The van der Waals surface area contributed by atoms with Gasteiger partial charge in [0.1, 0.15) is 12.1 Å². The molecule has 6 nitrogen and oxygen atoms in total. The summed E-state index contributed by atoms with van der Waals surface area (Å²) in [5.74, 6) is -0.916. The number of nitrogens with zero attached hydrogens (tertiary/aromatic N) is 2. The Morgan fingerprint density at radius 1 is 1.19 bits per heavy atom. The first-order valence-corrected chi connectivity index (χ1v) is 8.74. The van der Waals surface area contributed by atoms with E-state index in [0.29, 0.717) is 6.54 Å². The van der Waals surface area contributed by atoms with E-state index < -0.39 is 11.5 Å². The molecule has 0 saturated carbocycles. The molecule has 3 rings (SSSR count). The van der Waals surface area contributed by atoms with Crippen molar-refractivity contribution in [2.24, 2.45) is 5.73 Å². The van der Waals surface area contributed by atoms with E-state index in [2.05, 4.69) is 32.0 Å². The monoisotopic (exact) mass is 353 g/mol. The molecule has 1 atom stereocenters. The van der Waals surface area contributed by atoms with Gasteiger partial charge in [-0.1, -0.05) is 18.2 Å². The van der Waals surface area contributed by atoms with E-state index in [9.17, 15) is 14.4 Å². The Morgan fingerprint density at radius 3 is 2.65 bits per heavy atom. The minimum absolute atomic E-state index is 0.0361. The molecule has 2 aromatic rings. The van der Waals surface area contributed by atoms with Gasteiger partial charge in [-0.25, -0.2) is 0 Å². The number of amides is 2. The molecule has 2 N–H and O–H groups in total. The van der Waals surface area contributed by atoms with Crippen molar-refractivity contribution < 1.29 is 9.59 Å². The zero-order valence-electron chi connectivity index (χ0n) is 15.1. The maximum atomic E-state index is 13.0. The first-order valence-electron chi connectivity index (χ1n) is 8.74. The first-order chi connectivity index (χ1) is 12.4. The molecule has 1 aromatic heterocycles. The molecular weight excluding hydrogens is 330 g/mol. The number of likely N-dealkylation sites (tertiary alicyclic amines) is 1. The third-order valence-corrected chi connectivity index (χ3v) is 5.01. The predicted octanol–water partition coefficient (Wildman–Crippen LogP) is 1.93. The SMILES string of the molecule is Cc1ccc([C@@H]2CCCN2C(=O)c2cccn(CC(N)=O)c2=O)cc1C. The molecule has 1 saturated heterocycles. The molecule has 2 heterocycles. The molecule has 136 valence electrons. The number of hydrogen-bond donors (Lipinski definition) is 1. The third kappa shape index (κ3) is 3.40. The highest BCUT2D eigenvalue weighted by molar-refractivity contribution is 5.94. The highest BCUT2D eigenvalue weighted by Gasteiger charge is 2.32. The van der Waals surface area contributed by atoms with Crippen LogP contribution < -0.4 is 11.3 Å². The van der Waals surface area contributed by atoms with E-state index in [1.54, 1.807) is 11.0 Å². The Bertz CT molecular complexity index is 917. The number of hydrogen-bond acceptors (Lipinski definition) is 3. The Morgan fingerprint density at radius 2 is 1.96 bits per heavy atom. The minimum atomic E-state index is -0.620. The van der Waals surface area contributed by atoms with Crippen molar-refractivity contribution in [3.8, 4) is 0 Å². The molecule has 0 aliphatic carbocycles. The van der Waals surface area contributed by atoms with Gasteiger partial charge in [0.15, 0.2) is 0 Å². The molecule has 1 aliphatic heterocycles. The Balaban J connectivity index is 1.93. The second kappa shape index (κ2) is 7.15. The van der Waals surface area contributed by atoms with E-state index in [1.165, 1.54) is 28.0 Å². The first kappa shape index (κ1) is 17.9. The number of benzene rings is 1. The molecule has 0 spiro atoms. The van der Waals surface area contributed by atoms with Crippen LogP contribution in [0.2, 0.25) is 0 Å². The molecule has 6 heteroatoms. The topological polar surface area (TPSA) is 85.4 Å². The van der Waals surface area contributed by atoms with Crippen LogP contribution in [0.25, 0.3) is 0 Å². The fourth-order valence-electron chi connectivity index (χ4n) is 3.47. The largest absolute Gasteiger partial charge is 0.368 e. The average molecular weight is 353 g/mol. The summed E-state index contributed by atoms with van der Waals surface area (Å²) in [7, 11) is 0. The number of nitrogens with two attached hydrogens (primary N) is 1. The second-order valence-electron chi connectivity index (χ2n) is 6.82. The number of aromatic nitrogens is 1. The van der Waals surface area contributed by atoms with E-state index in [-0.39, 0.29) is 24.1 Å². The highest BCUT2D eigenvalue weighted by Crippen LogP contribution is 2.33. The maximum absolute atomic E-state index is 13.0. The predicted molar refractivity (Wildman–Crippen MR) is 98.8 cm³/mol. The van der Waals surface area contributed by atoms with Crippen molar-refractivity contribution in [3.63, 3.8) is 0 Å². The van der Waals surface area contributed by atoms with Gasteiger partial charge in [-0.2, -0.15) is 0 Å². The van der Waals surface area contributed by atoms with Crippen molar-refractivity contribution in [1.82, 2.24) is 9.47 Å². The van der Waals surface area contributed by atoms with Crippen molar-refractivity contribution in [1.29, 1.82) is 0 Å². The fourth-order valence-corrected chi connectivity index (χ4v) is 3.47. The lowest BCUT2D eigenvalue weighted by Crippen LogP contribution is -2.37. The fraction of sp³-hybridized carbons (Fsp3) is 0.350. The van der Waals surface area contributed by atoms with Crippen molar-refractivity contribution in [2.75, 3.05) is 6.54 Å². The summed E-state index contributed by atoms with van der Waals surface area (Å²) < 4.78 is 1.18. The molecule has 0 unspecified atom stereocenters. The van der Waals surface area contributed by atoms with Crippen LogP contribution in [-0.2, 0) is 11.3 Å². The summed E-state index contributed by atoms with van der Waals surface area (Å²) >= 11 is 0. The van der Waals surface area contributed by atoms with Crippen LogP contribution in [0.15, 0.2) is 41.3 Å². The molecule has 1 aromatic carbocycles. The molecule has 1 aliphatic rings. The zero-order valence-corrected chi connectivity index (χ0v) is 15.1. The summed E-state index contributed by atoms with van der Waals surface area (Å²) in [4.78, 5) is 38.5. The van der Waals surface area contributed by atoms with Crippen molar-refractivity contribution in [3.05, 3.63) is 69.1 Å². The number of aryl methyl sites for hydroxylation is 2. The highest BCUT2D eigenvalue weighted by atomic mass is 16.2. The van der Waals surface area contributed by atoms with E-state index in [0.717, 1.165) is 18.4 Å². The molecule has 0 radical (unpaired) electrons. The Kier molecular flexibility index (Phi) is 4.93. The van der Waals surface area contributed by atoms with Crippen LogP contribution in [0.5, 0.6) is 0 Å². The second-order valence-corrected chi connectivity index (χ2v) is 6.82. The van der Waals surface area contributed by atoms with Gasteiger partial charge in [0, 0.05) is 12.7 Å². The molecule has 26 heavy (non-hydrogen) atoms. The normalized spacial score (nSPS) is 16.7. The van der Waals surface area contributed by atoms with Crippen molar-refractivity contribution >= 4 is 11.8 Å². The number of pyridine rings is 1. The van der Waals surface area contributed by atoms with Crippen LogP contribution >= 0.6 is 0 Å². The lowest BCUT2D eigenvalue weighted by molar-refractivity contribution is -0.118. The number of carbonyl (C=O) groups excluding carboxylic acids is 2. The van der Waals surface area contributed by atoms with Gasteiger partial charge < -0.3 is 15.2 Å².